The Kier molecular flexibility index (Phi) is 6.70. The maximum Gasteiger partial charge on any atom is 0.204 e. The van der Waals surface area contributed by atoms with E-state index in [2.05, 4.69) is 30.0 Å². The molecule has 1 fully saturated rings. The first-order chi connectivity index (χ1) is 5.74. The van der Waals surface area contributed by atoms with Gasteiger partial charge in [0.25, 0.3) is 0 Å². The lowest BCUT2D eigenvalue weighted by Gasteiger charge is -2.28. The molecule has 72 valence electrons. The summed E-state index contributed by atoms with van der Waals surface area (Å²) in [7, 11) is 4.24. The van der Waals surface area contributed by atoms with Crippen LogP contribution in [-0.4, -0.2) is 44.5 Å². The number of carbonyl (C=O) groups is 1. The van der Waals surface area contributed by atoms with Gasteiger partial charge < -0.3 is 16.0 Å². The van der Waals surface area contributed by atoms with E-state index in [4.69, 9.17) is 4.79 Å². The van der Waals surface area contributed by atoms with E-state index >= 15 is 0 Å². The molecule has 0 aliphatic carbocycles. The molecule has 1 amide bonds. The SMILES string of the molecule is CNC1CCN(C)CC1.NC=O. The van der Waals surface area contributed by atoms with Crippen molar-refractivity contribution in [3.63, 3.8) is 0 Å². The van der Waals surface area contributed by atoms with E-state index in [0.717, 1.165) is 6.04 Å². The van der Waals surface area contributed by atoms with Gasteiger partial charge in [0.2, 0.25) is 6.41 Å². The van der Waals surface area contributed by atoms with Gasteiger partial charge in [-0.25, -0.2) is 0 Å². The van der Waals surface area contributed by atoms with Crippen molar-refractivity contribution in [2.24, 2.45) is 5.73 Å². The third-order valence-electron chi connectivity index (χ3n) is 2.13. The number of likely N-dealkylation sites (tertiary alicyclic amines) is 1. The van der Waals surface area contributed by atoms with E-state index in [0.29, 0.717) is 0 Å². The van der Waals surface area contributed by atoms with Crippen molar-refractivity contribution >= 4 is 6.41 Å². The molecule has 0 spiro atoms. The lowest BCUT2D eigenvalue weighted by molar-refractivity contribution is -0.106. The van der Waals surface area contributed by atoms with Gasteiger partial charge in [0, 0.05) is 6.04 Å². The largest absolute Gasteiger partial charge is 0.372 e. The minimum absolute atomic E-state index is 0.250. The minimum atomic E-state index is 0.250. The Bertz CT molecular complexity index is 111. The zero-order chi connectivity index (χ0) is 9.40. The Morgan fingerprint density at radius 3 is 2.25 bits per heavy atom. The van der Waals surface area contributed by atoms with Crippen LogP contribution in [0.4, 0.5) is 0 Å². The molecule has 0 radical (unpaired) electrons. The van der Waals surface area contributed by atoms with Crippen LogP contribution in [0, 0.1) is 0 Å². The van der Waals surface area contributed by atoms with E-state index < -0.39 is 0 Å². The zero-order valence-corrected chi connectivity index (χ0v) is 7.92. The van der Waals surface area contributed by atoms with Crippen LogP contribution in [-0.2, 0) is 4.79 Å². The van der Waals surface area contributed by atoms with Crippen LogP contribution < -0.4 is 11.1 Å². The van der Waals surface area contributed by atoms with Gasteiger partial charge in [0.05, 0.1) is 0 Å². The standard InChI is InChI=1S/C7H16N2.CH3NO/c1-8-7-3-5-9(2)6-4-7;2-1-3/h7-8H,3-6H2,1-2H3;1H,(H2,2,3). The summed E-state index contributed by atoms with van der Waals surface area (Å²) < 4.78 is 0. The van der Waals surface area contributed by atoms with Crippen molar-refractivity contribution in [1.29, 1.82) is 0 Å². The topological polar surface area (TPSA) is 58.4 Å². The predicted octanol–water partition coefficient (Wildman–Crippen LogP) is -0.598. The Morgan fingerprint density at radius 1 is 1.50 bits per heavy atom. The van der Waals surface area contributed by atoms with Gasteiger partial charge in [-0.1, -0.05) is 0 Å². The Labute approximate surface area is 74.1 Å². The maximum atomic E-state index is 8.58. The molecule has 1 aliphatic heterocycles. The van der Waals surface area contributed by atoms with Gasteiger partial charge in [-0.05, 0) is 40.0 Å². The zero-order valence-electron chi connectivity index (χ0n) is 7.92. The molecule has 0 saturated carbocycles. The van der Waals surface area contributed by atoms with E-state index in [1.54, 1.807) is 0 Å². The molecule has 0 aromatic carbocycles. The highest BCUT2D eigenvalue weighted by Gasteiger charge is 2.13. The molecule has 1 aliphatic rings. The summed E-state index contributed by atoms with van der Waals surface area (Å²) in [6.07, 6.45) is 2.88. The van der Waals surface area contributed by atoms with Crippen LogP contribution in [0.15, 0.2) is 0 Å². The fourth-order valence-electron chi connectivity index (χ4n) is 1.30. The second kappa shape index (κ2) is 7.06. The Morgan fingerprint density at radius 2 is 1.92 bits per heavy atom. The van der Waals surface area contributed by atoms with Crippen LogP contribution in [0.2, 0.25) is 0 Å². The van der Waals surface area contributed by atoms with Gasteiger partial charge in [-0.15, -0.1) is 0 Å². The van der Waals surface area contributed by atoms with Crippen LogP contribution >= 0.6 is 0 Å². The average molecular weight is 173 g/mol. The number of piperidine rings is 1. The first kappa shape index (κ1) is 11.4. The molecule has 1 heterocycles. The second-order valence-electron chi connectivity index (χ2n) is 3.00. The number of carbonyl (C=O) groups excluding carboxylic acids is 1. The molecule has 4 heteroatoms. The lowest BCUT2D eigenvalue weighted by Crippen LogP contribution is -2.39. The van der Waals surface area contributed by atoms with Crippen molar-refractivity contribution in [2.45, 2.75) is 18.9 Å². The normalized spacial score (nSPS) is 19.5. The lowest BCUT2D eigenvalue weighted by atomic mass is 10.1. The quantitative estimate of drug-likeness (QED) is 0.521. The highest BCUT2D eigenvalue weighted by atomic mass is 16.1. The number of primary amides is 1. The van der Waals surface area contributed by atoms with Crippen molar-refractivity contribution in [3.05, 3.63) is 0 Å². The fraction of sp³-hybridized carbons (Fsp3) is 0.875. The minimum Gasteiger partial charge on any atom is -0.372 e. The molecule has 0 atom stereocenters. The van der Waals surface area contributed by atoms with Crippen molar-refractivity contribution in [1.82, 2.24) is 10.2 Å². The summed E-state index contributed by atoms with van der Waals surface area (Å²) in [5.41, 5.74) is 4.17. The number of nitrogens with two attached hydrogens (primary N) is 1. The highest BCUT2D eigenvalue weighted by Crippen LogP contribution is 2.06. The first-order valence-electron chi connectivity index (χ1n) is 4.25. The summed E-state index contributed by atoms with van der Waals surface area (Å²) in [4.78, 5) is 11.0. The highest BCUT2D eigenvalue weighted by molar-refractivity contribution is 5.42. The van der Waals surface area contributed by atoms with Crippen LogP contribution in [0.3, 0.4) is 0 Å². The molecule has 3 N–H and O–H groups in total. The number of amides is 1. The maximum absolute atomic E-state index is 8.58. The van der Waals surface area contributed by atoms with Crippen molar-refractivity contribution in [2.75, 3.05) is 27.2 Å². The summed E-state index contributed by atoms with van der Waals surface area (Å²) in [6.45, 7) is 2.51. The Balaban J connectivity index is 0.000000354. The summed E-state index contributed by atoms with van der Waals surface area (Å²) >= 11 is 0. The van der Waals surface area contributed by atoms with Gasteiger partial charge in [0.1, 0.15) is 0 Å². The second-order valence-corrected chi connectivity index (χ2v) is 3.00. The number of hydrogen-bond donors (Lipinski definition) is 2. The summed E-state index contributed by atoms with van der Waals surface area (Å²) in [5, 5.41) is 3.30. The molecule has 0 aromatic rings. The molecule has 1 rings (SSSR count). The molecular weight excluding hydrogens is 154 g/mol. The predicted molar refractivity (Wildman–Crippen MR) is 49.8 cm³/mol. The van der Waals surface area contributed by atoms with Crippen LogP contribution in [0.5, 0.6) is 0 Å². The van der Waals surface area contributed by atoms with Crippen molar-refractivity contribution < 1.29 is 4.79 Å². The summed E-state index contributed by atoms with van der Waals surface area (Å²) in [5.74, 6) is 0. The number of hydrogen-bond acceptors (Lipinski definition) is 3. The third-order valence-corrected chi connectivity index (χ3v) is 2.13. The molecule has 0 bridgehead atoms. The summed E-state index contributed by atoms with van der Waals surface area (Å²) in [6, 6.07) is 0.779. The molecule has 0 unspecified atom stereocenters. The molecule has 0 aromatic heterocycles. The first-order valence-corrected chi connectivity index (χ1v) is 4.25. The van der Waals surface area contributed by atoms with Gasteiger partial charge in [0.15, 0.2) is 0 Å². The molecule has 4 nitrogen and oxygen atoms in total. The van der Waals surface area contributed by atoms with Crippen LogP contribution in [0.25, 0.3) is 0 Å². The Hall–Kier alpha value is -0.610. The fourth-order valence-corrected chi connectivity index (χ4v) is 1.30. The molecular formula is C8H19N3O. The molecule has 12 heavy (non-hydrogen) atoms. The third kappa shape index (κ3) is 5.09. The number of rotatable bonds is 1. The monoisotopic (exact) mass is 173 g/mol. The van der Waals surface area contributed by atoms with Gasteiger partial charge >= 0.3 is 0 Å². The van der Waals surface area contributed by atoms with E-state index in [1.165, 1.54) is 25.9 Å². The van der Waals surface area contributed by atoms with Gasteiger partial charge in [-0.3, -0.25) is 4.79 Å². The number of nitrogens with zero attached hydrogens (tertiary/aromatic N) is 1. The van der Waals surface area contributed by atoms with Gasteiger partial charge in [-0.2, -0.15) is 0 Å². The molecule has 1 saturated heterocycles. The smallest absolute Gasteiger partial charge is 0.204 e. The van der Waals surface area contributed by atoms with E-state index in [1.807, 2.05) is 0 Å². The van der Waals surface area contributed by atoms with E-state index in [9.17, 15) is 0 Å². The average Bonchev–Trinajstić information content (AvgIpc) is 2.07. The van der Waals surface area contributed by atoms with Crippen LogP contribution in [0.1, 0.15) is 12.8 Å². The van der Waals surface area contributed by atoms with Crippen molar-refractivity contribution in [3.8, 4) is 0 Å². The van der Waals surface area contributed by atoms with E-state index in [-0.39, 0.29) is 6.41 Å². The number of nitrogens with one attached hydrogen (secondary N) is 1.